The van der Waals surface area contributed by atoms with E-state index in [0.29, 0.717) is 10.6 Å². The molecule has 0 fully saturated rings. The molecule has 0 unspecified atom stereocenters. The molecule has 1 rings (SSSR count). The van der Waals surface area contributed by atoms with Crippen LogP contribution < -0.4 is 0 Å². The quantitative estimate of drug-likeness (QED) is 0.698. The van der Waals surface area contributed by atoms with Crippen molar-refractivity contribution in [2.75, 3.05) is 26.3 Å². The van der Waals surface area contributed by atoms with E-state index in [1.54, 1.807) is 6.92 Å². The zero-order chi connectivity index (χ0) is 11.3. The van der Waals surface area contributed by atoms with E-state index < -0.39 is 0 Å². The molecule has 84 valence electrons. The third-order valence-electron chi connectivity index (χ3n) is 1.87. The van der Waals surface area contributed by atoms with Crippen LogP contribution in [0.3, 0.4) is 0 Å². The Morgan fingerprint density at radius 3 is 2.40 bits per heavy atom. The van der Waals surface area contributed by atoms with Crippen LogP contribution in [0.1, 0.15) is 15.4 Å². The number of aliphatic hydroxyl groups is 2. The van der Waals surface area contributed by atoms with Gasteiger partial charge in [-0.05, 0) is 18.5 Å². The lowest BCUT2D eigenvalue weighted by Crippen LogP contribution is -2.35. The molecule has 0 saturated carbocycles. The van der Waals surface area contributed by atoms with Crippen molar-refractivity contribution in [3.05, 3.63) is 10.6 Å². The molecule has 0 aromatic carbocycles. The van der Waals surface area contributed by atoms with Crippen LogP contribution in [-0.4, -0.2) is 56.9 Å². The predicted molar refractivity (Wildman–Crippen MR) is 54.7 cm³/mol. The molecule has 0 spiro atoms. The molecule has 0 aliphatic rings. The number of nitrogens with zero attached hydrogens (tertiary/aromatic N) is 3. The maximum Gasteiger partial charge on any atom is 0.267 e. The van der Waals surface area contributed by atoms with Gasteiger partial charge in [0.1, 0.15) is 4.88 Å². The van der Waals surface area contributed by atoms with Gasteiger partial charge in [0.25, 0.3) is 5.91 Å². The smallest absolute Gasteiger partial charge is 0.267 e. The first-order chi connectivity index (χ1) is 7.20. The highest BCUT2D eigenvalue weighted by Crippen LogP contribution is 2.12. The highest BCUT2D eigenvalue weighted by molar-refractivity contribution is 7.07. The number of aliphatic hydroxyl groups excluding tert-OH is 2. The summed E-state index contributed by atoms with van der Waals surface area (Å²) in [4.78, 5) is 13.7. The Bertz CT molecular complexity index is 323. The van der Waals surface area contributed by atoms with Crippen LogP contribution >= 0.6 is 11.5 Å². The number of carbonyl (C=O) groups is 1. The minimum atomic E-state index is -0.245. The van der Waals surface area contributed by atoms with Crippen molar-refractivity contribution in [2.45, 2.75) is 6.92 Å². The van der Waals surface area contributed by atoms with E-state index in [2.05, 4.69) is 9.59 Å². The van der Waals surface area contributed by atoms with Gasteiger partial charge in [0.05, 0.1) is 18.9 Å². The summed E-state index contributed by atoms with van der Waals surface area (Å²) >= 11 is 1.02. The lowest BCUT2D eigenvalue weighted by atomic mass is 10.3. The Labute approximate surface area is 91.3 Å². The van der Waals surface area contributed by atoms with E-state index in [-0.39, 0.29) is 32.2 Å². The summed E-state index contributed by atoms with van der Waals surface area (Å²) in [5.41, 5.74) is 0.575. The first-order valence-electron chi connectivity index (χ1n) is 4.50. The van der Waals surface area contributed by atoms with Crippen LogP contribution in [-0.2, 0) is 0 Å². The Balaban J connectivity index is 2.76. The van der Waals surface area contributed by atoms with Gasteiger partial charge in [-0.2, -0.15) is 0 Å². The highest BCUT2D eigenvalue weighted by Gasteiger charge is 2.19. The third kappa shape index (κ3) is 2.95. The van der Waals surface area contributed by atoms with Crippen molar-refractivity contribution in [3.8, 4) is 0 Å². The fourth-order valence-electron chi connectivity index (χ4n) is 1.13. The van der Waals surface area contributed by atoms with Crippen molar-refractivity contribution >= 4 is 17.4 Å². The molecule has 1 amide bonds. The Hall–Kier alpha value is -1.05. The van der Waals surface area contributed by atoms with E-state index in [9.17, 15) is 4.79 Å². The fourth-order valence-corrected chi connectivity index (χ4v) is 1.75. The monoisotopic (exact) mass is 231 g/mol. The second kappa shape index (κ2) is 5.74. The van der Waals surface area contributed by atoms with Crippen LogP contribution in [0, 0.1) is 6.92 Å². The minimum absolute atomic E-state index is 0.128. The molecular weight excluding hydrogens is 218 g/mol. The highest BCUT2D eigenvalue weighted by atomic mass is 32.1. The molecule has 15 heavy (non-hydrogen) atoms. The average molecular weight is 231 g/mol. The molecule has 0 aliphatic carbocycles. The zero-order valence-corrected chi connectivity index (χ0v) is 9.20. The maximum absolute atomic E-state index is 11.8. The van der Waals surface area contributed by atoms with Gasteiger partial charge in [-0.15, -0.1) is 5.10 Å². The van der Waals surface area contributed by atoms with E-state index >= 15 is 0 Å². The lowest BCUT2D eigenvalue weighted by Gasteiger charge is -2.19. The second-order valence-electron chi connectivity index (χ2n) is 2.93. The van der Waals surface area contributed by atoms with Crippen molar-refractivity contribution < 1.29 is 15.0 Å². The number of aryl methyl sites for hydroxylation is 1. The number of carbonyl (C=O) groups excluding carboxylic acids is 1. The molecule has 6 nitrogen and oxygen atoms in total. The van der Waals surface area contributed by atoms with Crippen LogP contribution in [0.2, 0.25) is 0 Å². The van der Waals surface area contributed by atoms with Gasteiger partial charge in [0.15, 0.2) is 0 Å². The molecule has 7 heteroatoms. The molecular formula is C8H13N3O3S. The molecule has 0 saturated heterocycles. The zero-order valence-electron chi connectivity index (χ0n) is 8.38. The Morgan fingerprint density at radius 2 is 2.00 bits per heavy atom. The number of aromatic nitrogens is 2. The number of hydrogen-bond donors (Lipinski definition) is 2. The molecule has 2 N–H and O–H groups in total. The molecule has 0 bridgehead atoms. The summed E-state index contributed by atoms with van der Waals surface area (Å²) in [6.45, 7) is 1.86. The van der Waals surface area contributed by atoms with Gasteiger partial charge in [0.2, 0.25) is 0 Å². The average Bonchev–Trinajstić information content (AvgIpc) is 2.63. The number of hydrogen-bond acceptors (Lipinski definition) is 6. The predicted octanol–water partition coefficient (Wildman–Crippen LogP) is -0.727. The molecule has 1 aromatic rings. The van der Waals surface area contributed by atoms with Crippen molar-refractivity contribution in [3.63, 3.8) is 0 Å². The summed E-state index contributed by atoms with van der Waals surface area (Å²) < 4.78 is 3.66. The SMILES string of the molecule is Cc1nnsc1C(=O)N(CCO)CCO. The van der Waals surface area contributed by atoms with Gasteiger partial charge in [-0.3, -0.25) is 4.79 Å². The Morgan fingerprint density at radius 1 is 1.40 bits per heavy atom. The third-order valence-corrected chi connectivity index (χ3v) is 2.69. The van der Waals surface area contributed by atoms with Crippen molar-refractivity contribution in [1.29, 1.82) is 0 Å². The van der Waals surface area contributed by atoms with Crippen molar-refractivity contribution in [1.82, 2.24) is 14.5 Å². The van der Waals surface area contributed by atoms with Gasteiger partial charge < -0.3 is 15.1 Å². The number of amides is 1. The summed E-state index contributed by atoms with van der Waals surface area (Å²) in [6, 6.07) is 0. The summed E-state index contributed by atoms with van der Waals surface area (Å²) in [5.74, 6) is -0.245. The van der Waals surface area contributed by atoms with E-state index in [4.69, 9.17) is 10.2 Å². The first kappa shape index (κ1) is 12.0. The standard InChI is InChI=1S/C8H13N3O3S/c1-6-7(15-10-9-6)8(14)11(2-4-12)3-5-13/h12-13H,2-5H2,1H3. The van der Waals surface area contributed by atoms with Crippen LogP contribution in [0.5, 0.6) is 0 Å². The molecule has 1 heterocycles. The van der Waals surface area contributed by atoms with Crippen molar-refractivity contribution in [2.24, 2.45) is 0 Å². The van der Waals surface area contributed by atoms with E-state index in [1.807, 2.05) is 0 Å². The summed E-state index contributed by atoms with van der Waals surface area (Å²) in [7, 11) is 0. The van der Waals surface area contributed by atoms with Gasteiger partial charge in [-0.1, -0.05) is 4.49 Å². The fraction of sp³-hybridized carbons (Fsp3) is 0.625. The summed E-state index contributed by atoms with van der Waals surface area (Å²) in [5, 5.41) is 21.3. The molecule has 0 aliphatic heterocycles. The van der Waals surface area contributed by atoms with Gasteiger partial charge in [0, 0.05) is 13.1 Å². The molecule has 0 atom stereocenters. The van der Waals surface area contributed by atoms with Crippen LogP contribution in [0.4, 0.5) is 0 Å². The lowest BCUT2D eigenvalue weighted by molar-refractivity contribution is 0.0688. The molecule has 1 aromatic heterocycles. The maximum atomic E-state index is 11.8. The van der Waals surface area contributed by atoms with Crippen LogP contribution in [0.25, 0.3) is 0 Å². The van der Waals surface area contributed by atoms with Gasteiger partial charge in [-0.25, -0.2) is 0 Å². The largest absolute Gasteiger partial charge is 0.395 e. The molecule has 0 radical (unpaired) electrons. The Kier molecular flexibility index (Phi) is 4.60. The minimum Gasteiger partial charge on any atom is -0.395 e. The van der Waals surface area contributed by atoms with Crippen LogP contribution in [0.15, 0.2) is 0 Å². The summed E-state index contributed by atoms with van der Waals surface area (Å²) in [6.07, 6.45) is 0. The van der Waals surface area contributed by atoms with Gasteiger partial charge >= 0.3 is 0 Å². The van der Waals surface area contributed by atoms with E-state index in [0.717, 1.165) is 11.5 Å². The van der Waals surface area contributed by atoms with E-state index in [1.165, 1.54) is 4.90 Å². The first-order valence-corrected chi connectivity index (χ1v) is 5.28. The second-order valence-corrected chi connectivity index (χ2v) is 3.68. The topological polar surface area (TPSA) is 86.6 Å². The number of rotatable bonds is 5. The normalized spacial score (nSPS) is 10.3.